The Hall–Kier alpha value is -1.81. The molecule has 17 heavy (non-hydrogen) atoms. The molecule has 0 atom stereocenters. The first-order chi connectivity index (χ1) is 8.24. The van der Waals surface area contributed by atoms with Crippen LogP contribution in [0.15, 0.2) is 35.0 Å². The lowest BCUT2D eigenvalue weighted by molar-refractivity contribution is -0.136. The van der Waals surface area contributed by atoms with E-state index >= 15 is 0 Å². The maximum atomic E-state index is 11.4. The molecule has 1 aromatic rings. The van der Waals surface area contributed by atoms with E-state index < -0.39 is 5.97 Å². The third kappa shape index (κ3) is 2.47. The van der Waals surface area contributed by atoms with Crippen LogP contribution in [0.25, 0.3) is 6.08 Å². The van der Waals surface area contributed by atoms with Gasteiger partial charge in [-0.15, -0.1) is 11.6 Å². The number of rotatable bonds is 3. The third-order valence-electron chi connectivity index (χ3n) is 2.30. The Morgan fingerprint density at radius 3 is 3.06 bits per heavy atom. The molecule has 0 saturated heterocycles. The molecule has 1 heterocycles. The fourth-order valence-electron chi connectivity index (χ4n) is 1.45. The first-order valence-corrected chi connectivity index (χ1v) is 5.48. The van der Waals surface area contributed by atoms with Crippen molar-refractivity contribution >= 4 is 29.4 Å². The van der Waals surface area contributed by atoms with Gasteiger partial charge in [-0.2, -0.15) is 0 Å². The highest BCUT2D eigenvalue weighted by molar-refractivity contribution is 6.38. The van der Waals surface area contributed by atoms with Gasteiger partial charge in [-0.3, -0.25) is 0 Å². The van der Waals surface area contributed by atoms with Crippen molar-refractivity contribution in [1.29, 1.82) is 0 Å². The van der Waals surface area contributed by atoms with Gasteiger partial charge in [0.2, 0.25) is 0 Å². The molecule has 2 rings (SSSR count). The maximum absolute atomic E-state index is 11.4. The highest BCUT2D eigenvalue weighted by Gasteiger charge is 2.24. The molecular weight excluding hydrogens is 242 g/mol. The highest BCUT2D eigenvalue weighted by Crippen LogP contribution is 2.19. The second kappa shape index (κ2) is 5.01. The molecule has 0 aliphatic carbocycles. The van der Waals surface area contributed by atoms with E-state index in [0.29, 0.717) is 11.3 Å². The molecule has 1 aromatic carbocycles. The zero-order valence-electron chi connectivity index (χ0n) is 9.14. The lowest BCUT2D eigenvalue weighted by atomic mass is 10.1. The Labute approximate surface area is 103 Å². The van der Waals surface area contributed by atoms with Crippen molar-refractivity contribution in [2.75, 3.05) is 13.0 Å². The number of nitrogens with zero attached hydrogens (tertiary/aromatic N) is 1. The molecule has 5 heteroatoms. The summed E-state index contributed by atoms with van der Waals surface area (Å²) in [6.07, 6.45) is 1.68. The number of methoxy groups -OCH3 is 1. The van der Waals surface area contributed by atoms with Gasteiger partial charge in [0.15, 0.2) is 0 Å². The molecule has 0 saturated carbocycles. The molecule has 1 aliphatic heterocycles. The molecule has 0 fully saturated rings. The van der Waals surface area contributed by atoms with Crippen LogP contribution >= 0.6 is 11.6 Å². The van der Waals surface area contributed by atoms with Crippen LogP contribution in [0.2, 0.25) is 0 Å². The van der Waals surface area contributed by atoms with Gasteiger partial charge in [0, 0.05) is 0 Å². The Morgan fingerprint density at radius 1 is 1.53 bits per heavy atom. The SMILES string of the molecule is COc1cccc(/C=C2\C(=O)ON=C2CCl)c1. The Balaban J connectivity index is 2.34. The number of alkyl halides is 1. The number of carbonyl (C=O) groups is 1. The van der Waals surface area contributed by atoms with Crippen LogP contribution in [0.4, 0.5) is 0 Å². The Bertz CT molecular complexity index is 508. The number of halogens is 1. The van der Waals surface area contributed by atoms with E-state index in [4.69, 9.17) is 16.3 Å². The Kier molecular flexibility index (Phi) is 3.44. The van der Waals surface area contributed by atoms with Gasteiger partial charge < -0.3 is 9.57 Å². The lowest BCUT2D eigenvalue weighted by Gasteiger charge is -2.01. The van der Waals surface area contributed by atoms with E-state index in [1.807, 2.05) is 24.3 Å². The summed E-state index contributed by atoms with van der Waals surface area (Å²) >= 11 is 5.66. The minimum Gasteiger partial charge on any atom is -0.497 e. The Morgan fingerprint density at radius 2 is 2.35 bits per heavy atom. The molecule has 0 radical (unpaired) electrons. The van der Waals surface area contributed by atoms with Crippen LogP contribution in [-0.4, -0.2) is 24.7 Å². The molecule has 0 spiro atoms. The van der Waals surface area contributed by atoms with Crippen molar-refractivity contribution in [3.05, 3.63) is 35.4 Å². The van der Waals surface area contributed by atoms with Crippen LogP contribution in [0, 0.1) is 0 Å². The largest absolute Gasteiger partial charge is 0.497 e. The van der Waals surface area contributed by atoms with E-state index in [9.17, 15) is 4.79 Å². The monoisotopic (exact) mass is 251 g/mol. The fraction of sp³-hybridized carbons (Fsp3) is 0.167. The molecule has 0 amide bonds. The summed E-state index contributed by atoms with van der Waals surface area (Å²) in [6, 6.07) is 7.33. The standard InChI is InChI=1S/C12H10ClNO3/c1-16-9-4-2-3-8(5-9)6-10-11(7-13)14-17-12(10)15/h2-6H,7H2,1H3/b10-6-. The minimum atomic E-state index is -0.483. The number of benzene rings is 1. The summed E-state index contributed by atoms with van der Waals surface area (Å²) in [5.74, 6) is 0.375. The van der Waals surface area contributed by atoms with Crippen molar-refractivity contribution < 1.29 is 14.4 Å². The lowest BCUT2D eigenvalue weighted by Crippen LogP contribution is -2.06. The fourth-order valence-corrected chi connectivity index (χ4v) is 1.64. The topological polar surface area (TPSA) is 47.9 Å². The van der Waals surface area contributed by atoms with Gasteiger partial charge in [-0.1, -0.05) is 17.3 Å². The van der Waals surface area contributed by atoms with Gasteiger partial charge in [-0.05, 0) is 23.8 Å². The smallest absolute Gasteiger partial charge is 0.367 e. The zero-order chi connectivity index (χ0) is 12.3. The molecule has 88 valence electrons. The van der Waals surface area contributed by atoms with Crippen LogP contribution in [0.5, 0.6) is 5.75 Å². The molecule has 0 aromatic heterocycles. The van der Waals surface area contributed by atoms with Crippen molar-refractivity contribution in [2.45, 2.75) is 0 Å². The van der Waals surface area contributed by atoms with Gasteiger partial charge >= 0.3 is 5.97 Å². The van der Waals surface area contributed by atoms with Crippen LogP contribution in [0.3, 0.4) is 0 Å². The number of ether oxygens (including phenoxy) is 1. The normalized spacial score (nSPS) is 16.9. The second-order valence-corrected chi connectivity index (χ2v) is 3.65. The molecule has 0 N–H and O–H groups in total. The van der Waals surface area contributed by atoms with Crippen LogP contribution < -0.4 is 4.74 Å². The van der Waals surface area contributed by atoms with E-state index in [1.165, 1.54) is 0 Å². The number of oxime groups is 1. The summed E-state index contributed by atoms with van der Waals surface area (Å²) in [5.41, 5.74) is 1.66. The number of hydrogen-bond acceptors (Lipinski definition) is 4. The average molecular weight is 252 g/mol. The van der Waals surface area contributed by atoms with Crippen molar-refractivity contribution in [1.82, 2.24) is 0 Å². The van der Waals surface area contributed by atoms with E-state index in [-0.39, 0.29) is 5.88 Å². The van der Waals surface area contributed by atoms with Crippen LogP contribution in [0.1, 0.15) is 5.56 Å². The molecule has 4 nitrogen and oxygen atoms in total. The predicted octanol–water partition coefficient (Wildman–Crippen LogP) is 2.23. The highest BCUT2D eigenvalue weighted by atomic mass is 35.5. The van der Waals surface area contributed by atoms with Crippen LogP contribution in [-0.2, 0) is 9.63 Å². The van der Waals surface area contributed by atoms with E-state index in [0.717, 1.165) is 11.3 Å². The van der Waals surface area contributed by atoms with Gasteiger partial charge in [0.25, 0.3) is 0 Å². The molecule has 0 unspecified atom stereocenters. The first kappa shape index (κ1) is 11.7. The van der Waals surface area contributed by atoms with Crippen molar-refractivity contribution in [2.24, 2.45) is 5.16 Å². The third-order valence-corrected chi connectivity index (χ3v) is 2.55. The minimum absolute atomic E-state index is 0.140. The van der Waals surface area contributed by atoms with E-state index in [1.54, 1.807) is 13.2 Å². The quantitative estimate of drug-likeness (QED) is 0.470. The summed E-state index contributed by atoms with van der Waals surface area (Å²) in [5, 5.41) is 3.59. The summed E-state index contributed by atoms with van der Waals surface area (Å²) in [7, 11) is 1.59. The average Bonchev–Trinajstić information content (AvgIpc) is 2.71. The van der Waals surface area contributed by atoms with Gasteiger partial charge in [-0.25, -0.2) is 4.79 Å². The number of carbonyl (C=O) groups excluding carboxylic acids is 1. The molecular formula is C12H10ClNO3. The second-order valence-electron chi connectivity index (χ2n) is 3.38. The molecule has 1 aliphatic rings. The van der Waals surface area contributed by atoms with Crippen molar-refractivity contribution in [3.63, 3.8) is 0 Å². The van der Waals surface area contributed by atoms with Crippen molar-refractivity contribution in [3.8, 4) is 5.75 Å². The van der Waals surface area contributed by atoms with Gasteiger partial charge in [0.1, 0.15) is 11.5 Å². The predicted molar refractivity (Wildman–Crippen MR) is 65.2 cm³/mol. The maximum Gasteiger partial charge on any atom is 0.367 e. The summed E-state index contributed by atoms with van der Waals surface area (Å²) < 4.78 is 5.10. The first-order valence-electron chi connectivity index (χ1n) is 4.95. The zero-order valence-corrected chi connectivity index (χ0v) is 9.90. The molecule has 0 bridgehead atoms. The van der Waals surface area contributed by atoms with E-state index in [2.05, 4.69) is 9.99 Å². The summed E-state index contributed by atoms with van der Waals surface area (Å²) in [4.78, 5) is 16.0. The summed E-state index contributed by atoms with van der Waals surface area (Å²) in [6.45, 7) is 0. The van der Waals surface area contributed by atoms with Gasteiger partial charge in [0.05, 0.1) is 18.6 Å². The number of hydrogen-bond donors (Lipinski definition) is 0.